The molecule has 0 saturated carbocycles. The van der Waals surface area contributed by atoms with E-state index in [9.17, 15) is 14.7 Å². The Balaban J connectivity index is 1.96. The molecule has 126 valence electrons. The van der Waals surface area contributed by atoms with Crippen LogP contribution < -0.4 is 0 Å². The Bertz CT molecular complexity index is 1010. The Morgan fingerprint density at radius 1 is 1.16 bits per heavy atom. The zero-order chi connectivity index (χ0) is 18.0. The van der Waals surface area contributed by atoms with Crippen LogP contribution in [-0.4, -0.2) is 42.1 Å². The van der Waals surface area contributed by atoms with E-state index in [1.54, 1.807) is 24.3 Å². The Kier molecular flexibility index (Phi) is 4.25. The second kappa shape index (κ2) is 6.52. The van der Waals surface area contributed by atoms with Crippen LogP contribution in [0.25, 0.3) is 23.1 Å². The lowest BCUT2D eigenvalue weighted by Gasteiger charge is -2.05. The van der Waals surface area contributed by atoms with E-state index in [0.29, 0.717) is 22.3 Å². The molecule has 2 N–H and O–H groups in total. The Labute approximate surface area is 142 Å². The molecule has 0 atom stereocenters. The van der Waals surface area contributed by atoms with Crippen LogP contribution in [0, 0.1) is 6.92 Å². The monoisotopic (exact) mass is 338 g/mol. The van der Waals surface area contributed by atoms with E-state index in [1.807, 2.05) is 13.0 Å². The number of aromatic carboxylic acids is 1. The first kappa shape index (κ1) is 16.3. The Hall–Kier alpha value is -3.55. The van der Waals surface area contributed by atoms with Gasteiger partial charge >= 0.3 is 11.9 Å². The molecular formula is C17H14N4O4. The minimum Gasteiger partial charge on any atom is -0.480 e. The van der Waals surface area contributed by atoms with Gasteiger partial charge in [-0.05, 0) is 37.3 Å². The number of hydrogen-bond donors (Lipinski definition) is 2. The van der Waals surface area contributed by atoms with Gasteiger partial charge in [0.1, 0.15) is 12.2 Å². The normalized spacial score (nSPS) is 11.2. The van der Waals surface area contributed by atoms with Crippen molar-refractivity contribution >= 4 is 35.0 Å². The third-order valence-electron chi connectivity index (χ3n) is 3.49. The average molecular weight is 338 g/mol. The molecule has 0 fully saturated rings. The molecule has 0 bridgehead atoms. The van der Waals surface area contributed by atoms with Gasteiger partial charge in [-0.3, -0.25) is 4.79 Å². The van der Waals surface area contributed by atoms with Crippen molar-refractivity contribution in [2.45, 2.75) is 13.5 Å². The lowest BCUT2D eigenvalue weighted by Crippen LogP contribution is -2.08. The number of aliphatic carboxylic acids is 1. The minimum absolute atomic E-state index is 0.169. The number of benzene rings is 1. The number of carboxylic acids is 2. The highest BCUT2D eigenvalue weighted by Gasteiger charge is 2.11. The fourth-order valence-electron chi connectivity index (χ4n) is 2.40. The molecule has 0 aliphatic rings. The first-order valence-corrected chi connectivity index (χ1v) is 7.37. The molecule has 2 aromatic heterocycles. The van der Waals surface area contributed by atoms with Crippen LogP contribution in [0.4, 0.5) is 0 Å². The summed E-state index contributed by atoms with van der Waals surface area (Å²) in [6.07, 6.45) is 4.69. The van der Waals surface area contributed by atoms with E-state index < -0.39 is 11.9 Å². The van der Waals surface area contributed by atoms with Crippen LogP contribution >= 0.6 is 0 Å². The Morgan fingerprint density at radius 3 is 2.64 bits per heavy atom. The minimum atomic E-state index is -1.03. The SMILES string of the molecule is Cc1ccc2nc(/C=C/c3cn(CC(=O)O)nn3)cc(C(=O)O)c2c1. The van der Waals surface area contributed by atoms with Gasteiger partial charge in [0.15, 0.2) is 0 Å². The lowest BCUT2D eigenvalue weighted by atomic mass is 10.1. The standard InChI is InChI=1S/C17H14N4O4/c1-10-2-5-15-13(6-10)14(17(24)25)7-11(18-15)3-4-12-8-21(20-19-12)9-16(22)23/h2-8H,9H2,1H3,(H,22,23)(H,24,25)/b4-3+. The summed E-state index contributed by atoms with van der Waals surface area (Å²) in [6.45, 7) is 1.61. The molecule has 0 aliphatic carbocycles. The zero-order valence-corrected chi connectivity index (χ0v) is 13.2. The number of aromatic nitrogens is 4. The highest BCUT2D eigenvalue weighted by Crippen LogP contribution is 2.21. The summed E-state index contributed by atoms with van der Waals surface area (Å²) in [4.78, 5) is 26.6. The first-order chi connectivity index (χ1) is 11.9. The molecule has 25 heavy (non-hydrogen) atoms. The van der Waals surface area contributed by atoms with Crippen molar-refractivity contribution < 1.29 is 19.8 Å². The molecular weight excluding hydrogens is 324 g/mol. The fourth-order valence-corrected chi connectivity index (χ4v) is 2.40. The summed E-state index contributed by atoms with van der Waals surface area (Å²) in [6, 6.07) is 6.92. The van der Waals surface area contributed by atoms with Gasteiger partial charge in [-0.1, -0.05) is 16.8 Å². The summed E-state index contributed by atoms with van der Waals surface area (Å²) in [5, 5.41) is 26.3. The summed E-state index contributed by atoms with van der Waals surface area (Å²) in [5.74, 6) is -2.04. The van der Waals surface area contributed by atoms with E-state index in [4.69, 9.17) is 5.11 Å². The van der Waals surface area contributed by atoms with E-state index in [-0.39, 0.29) is 12.1 Å². The smallest absolute Gasteiger partial charge is 0.336 e. The number of pyridine rings is 1. The number of carboxylic acid groups (broad SMARTS) is 2. The van der Waals surface area contributed by atoms with Gasteiger partial charge in [0.25, 0.3) is 0 Å². The van der Waals surface area contributed by atoms with Crippen molar-refractivity contribution in [1.82, 2.24) is 20.0 Å². The van der Waals surface area contributed by atoms with Crippen LogP contribution in [0.5, 0.6) is 0 Å². The van der Waals surface area contributed by atoms with E-state index in [2.05, 4.69) is 15.3 Å². The predicted octanol–water partition coefficient (Wildman–Crippen LogP) is 2.09. The summed E-state index contributed by atoms with van der Waals surface area (Å²) >= 11 is 0. The maximum Gasteiger partial charge on any atom is 0.336 e. The topological polar surface area (TPSA) is 118 Å². The average Bonchev–Trinajstić information content (AvgIpc) is 2.98. The second-order valence-electron chi connectivity index (χ2n) is 5.49. The van der Waals surface area contributed by atoms with Gasteiger partial charge in [-0.2, -0.15) is 0 Å². The second-order valence-corrected chi connectivity index (χ2v) is 5.49. The Morgan fingerprint density at radius 2 is 1.92 bits per heavy atom. The highest BCUT2D eigenvalue weighted by atomic mass is 16.4. The third kappa shape index (κ3) is 3.69. The molecule has 0 aliphatic heterocycles. The molecule has 0 spiro atoms. The maximum atomic E-state index is 11.5. The van der Waals surface area contributed by atoms with Gasteiger partial charge in [-0.25, -0.2) is 14.5 Å². The maximum absolute atomic E-state index is 11.5. The van der Waals surface area contributed by atoms with Crippen molar-refractivity contribution in [2.75, 3.05) is 0 Å². The molecule has 3 aromatic rings. The summed E-state index contributed by atoms with van der Waals surface area (Å²) < 4.78 is 1.20. The van der Waals surface area contributed by atoms with Gasteiger partial charge in [0.05, 0.1) is 23.0 Å². The molecule has 8 nitrogen and oxygen atoms in total. The molecule has 0 radical (unpaired) electrons. The predicted molar refractivity (Wildman–Crippen MR) is 90.0 cm³/mol. The summed E-state index contributed by atoms with van der Waals surface area (Å²) in [7, 11) is 0. The van der Waals surface area contributed by atoms with Crippen molar-refractivity contribution in [3.05, 3.63) is 53.0 Å². The molecule has 8 heteroatoms. The molecule has 2 heterocycles. The van der Waals surface area contributed by atoms with Gasteiger partial charge < -0.3 is 10.2 Å². The molecule has 3 rings (SSSR count). The molecule has 0 saturated heterocycles. The van der Waals surface area contributed by atoms with Crippen LogP contribution in [0.15, 0.2) is 30.5 Å². The van der Waals surface area contributed by atoms with E-state index in [1.165, 1.54) is 16.9 Å². The van der Waals surface area contributed by atoms with Crippen LogP contribution in [0.3, 0.4) is 0 Å². The zero-order valence-electron chi connectivity index (χ0n) is 13.2. The van der Waals surface area contributed by atoms with E-state index in [0.717, 1.165) is 5.56 Å². The van der Waals surface area contributed by atoms with Crippen LogP contribution in [-0.2, 0) is 11.3 Å². The van der Waals surface area contributed by atoms with Crippen LogP contribution in [0.1, 0.15) is 27.3 Å². The number of fused-ring (bicyclic) bond motifs is 1. The number of rotatable bonds is 5. The number of nitrogens with zero attached hydrogens (tertiary/aromatic N) is 4. The number of carbonyl (C=O) groups is 2. The van der Waals surface area contributed by atoms with Gasteiger partial charge in [0, 0.05) is 5.39 Å². The molecule has 1 aromatic carbocycles. The van der Waals surface area contributed by atoms with Crippen molar-refractivity contribution in [3.8, 4) is 0 Å². The fraction of sp³-hybridized carbons (Fsp3) is 0.118. The van der Waals surface area contributed by atoms with Crippen LogP contribution in [0.2, 0.25) is 0 Å². The number of hydrogen-bond acceptors (Lipinski definition) is 5. The van der Waals surface area contributed by atoms with Crippen molar-refractivity contribution in [1.29, 1.82) is 0 Å². The molecule has 0 amide bonds. The van der Waals surface area contributed by atoms with Crippen molar-refractivity contribution in [2.24, 2.45) is 0 Å². The number of aryl methyl sites for hydroxylation is 1. The first-order valence-electron chi connectivity index (χ1n) is 7.37. The lowest BCUT2D eigenvalue weighted by molar-refractivity contribution is -0.137. The quantitative estimate of drug-likeness (QED) is 0.731. The largest absolute Gasteiger partial charge is 0.480 e. The van der Waals surface area contributed by atoms with E-state index >= 15 is 0 Å². The summed E-state index contributed by atoms with van der Waals surface area (Å²) in [5.41, 5.74) is 2.61. The molecule has 0 unspecified atom stereocenters. The third-order valence-corrected chi connectivity index (χ3v) is 3.49. The van der Waals surface area contributed by atoms with Gasteiger partial charge in [-0.15, -0.1) is 5.10 Å². The van der Waals surface area contributed by atoms with Crippen molar-refractivity contribution in [3.63, 3.8) is 0 Å². The highest BCUT2D eigenvalue weighted by molar-refractivity contribution is 6.03. The van der Waals surface area contributed by atoms with Gasteiger partial charge in [0.2, 0.25) is 0 Å².